The Morgan fingerprint density at radius 2 is 1.71 bits per heavy atom. The molecule has 196 valence electrons. The highest BCUT2D eigenvalue weighted by Crippen LogP contribution is 2.50. The number of hydrogen-bond acceptors (Lipinski definition) is 5. The zero-order valence-corrected chi connectivity index (χ0v) is 22.5. The number of carbonyl (C=O) groups excluding carboxylic acids is 1. The summed E-state index contributed by atoms with van der Waals surface area (Å²) in [7, 11) is 0. The molecule has 2 heterocycles. The number of likely N-dealkylation sites (tertiary alicyclic amines) is 1. The van der Waals surface area contributed by atoms with Gasteiger partial charge in [0.2, 0.25) is 0 Å². The van der Waals surface area contributed by atoms with Gasteiger partial charge in [-0.25, -0.2) is 9.59 Å². The van der Waals surface area contributed by atoms with Gasteiger partial charge in [0.15, 0.2) is 0 Å². The van der Waals surface area contributed by atoms with Gasteiger partial charge in [-0.05, 0) is 75.3 Å². The summed E-state index contributed by atoms with van der Waals surface area (Å²) in [4.78, 5) is 30.6. The molecule has 3 unspecified atom stereocenters. The van der Waals surface area contributed by atoms with Crippen molar-refractivity contribution in [1.29, 1.82) is 0 Å². The van der Waals surface area contributed by atoms with Gasteiger partial charge < -0.3 is 19.5 Å². The third-order valence-electron chi connectivity index (χ3n) is 8.42. The number of ether oxygens (including phenoxy) is 2. The van der Waals surface area contributed by atoms with Crippen LogP contribution in [0.5, 0.6) is 0 Å². The molecule has 1 saturated heterocycles. The molecule has 3 atom stereocenters. The van der Waals surface area contributed by atoms with E-state index in [1.165, 1.54) is 22.3 Å². The van der Waals surface area contributed by atoms with Gasteiger partial charge in [0.25, 0.3) is 0 Å². The Kier molecular flexibility index (Phi) is 6.70. The second-order valence-electron chi connectivity index (χ2n) is 10.5. The van der Waals surface area contributed by atoms with Crippen LogP contribution in [0.3, 0.4) is 0 Å². The van der Waals surface area contributed by atoms with Crippen molar-refractivity contribution in [3.63, 3.8) is 0 Å². The molecular formula is C30H29BrN2O5. The van der Waals surface area contributed by atoms with Crippen LogP contribution in [-0.2, 0) is 19.9 Å². The SMILES string of the molecule is O=C(O)COC1(c2ccncc2Br)CCC2CN(C(=O)OCC3c4ccccc4-c4ccccc43)CC2C1. The molecule has 0 spiro atoms. The van der Waals surface area contributed by atoms with Gasteiger partial charge in [0.1, 0.15) is 13.2 Å². The first kappa shape index (κ1) is 25.1. The van der Waals surface area contributed by atoms with Crippen molar-refractivity contribution in [3.8, 4) is 11.1 Å². The number of halogens is 1. The second kappa shape index (κ2) is 10.2. The molecule has 2 aromatic carbocycles. The molecule has 6 rings (SSSR count). The van der Waals surface area contributed by atoms with E-state index < -0.39 is 11.6 Å². The fourth-order valence-electron chi connectivity index (χ4n) is 6.67. The van der Waals surface area contributed by atoms with E-state index in [4.69, 9.17) is 9.47 Å². The highest BCUT2D eigenvalue weighted by atomic mass is 79.9. The molecule has 2 aliphatic carbocycles. The summed E-state index contributed by atoms with van der Waals surface area (Å²) >= 11 is 3.58. The molecule has 3 aromatic rings. The van der Waals surface area contributed by atoms with Crippen molar-refractivity contribution in [2.45, 2.75) is 30.8 Å². The molecule has 1 saturated carbocycles. The predicted octanol–water partition coefficient (Wildman–Crippen LogP) is 5.82. The molecule has 1 amide bonds. The van der Waals surface area contributed by atoms with Crippen molar-refractivity contribution in [3.05, 3.63) is 88.2 Å². The van der Waals surface area contributed by atoms with E-state index in [0.29, 0.717) is 38.5 Å². The van der Waals surface area contributed by atoms with Gasteiger partial charge in [-0.3, -0.25) is 4.98 Å². The normalized spacial score (nSPS) is 24.0. The van der Waals surface area contributed by atoms with Gasteiger partial charge in [-0.2, -0.15) is 0 Å². The first-order valence-corrected chi connectivity index (χ1v) is 13.8. The summed E-state index contributed by atoms with van der Waals surface area (Å²) in [6, 6.07) is 18.5. The Labute approximate surface area is 229 Å². The molecule has 2 fully saturated rings. The fraction of sp³-hybridized carbons (Fsp3) is 0.367. The lowest BCUT2D eigenvalue weighted by atomic mass is 9.70. The number of amides is 1. The molecule has 38 heavy (non-hydrogen) atoms. The van der Waals surface area contributed by atoms with E-state index in [0.717, 1.165) is 16.5 Å². The fourth-order valence-corrected chi connectivity index (χ4v) is 7.29. The summed E-state index contributed by atoms with van der Waals surface area (Å²) in [5, 5.41) is 9.33. The van der Waals surface area contributed by atoms with Crippen molar-refractivity contribution in [2.24, 2.45) is 11.8 Å². The van der Waals surface area contributed by atoms with Crippen LogP contribution in [0.15, 0.2) is 71.5 Å². The smallest absolute Gasteiger partial charge is 0.409 e. The minimum atomic E-state index is -0.997. The Bertz CT molecular complexity index is 1330. The van der Waals surface area contributed by atoms with Gasteiger partial charge in [-0.15, -0.1) is 0 Å². The molecule has 3 aliphatic rings. The minimum Gasteiger partial charge on any atom is -0.480 e. The third kappa shape index (κ3) is 4.50. The molecular weight excluding hydrogens is 548 g/mol. The zero-order valence-electron chi connectivity index (χ0n) is 20.9. The maximum absolute atomic E-state index is 13.2. The van der Waals surface area contributed by atoms with Gasteiger partial charge >= 0.3 is 12.1 Å². The van der Waals surface area contributed by atoms with E-state index in [1.807, 2.05) is 35.2 Å². The van der Waals surface area contributed by atoms with Gasteiger partial charge in [0, 0.05) is 41.4 Å². The number of aliphatic carboxylic acids is 1. The Morgan fingerprint density at radius 1 is 1.03 bits per heavy atom. The number of carboxylic acids is 1. The number of benzene rings is 2. The predicted molar refractivity (Wildman–Crippen MR) is 145 cm³/mol. The number of fused-ring (bicyclic) bond motifs is 4. The van der Waals surface area contributed by atoms with Crippen molar-refractivity contribution >= 4 is 28.0 Å². The van der Waals surface area contributed by atoms with Crippen LogP contribution < -0.4 is 0 Å². The van der Waals surface area contributed by atoms with Crippen molar-refractivity contribution in [1.82, 2.24) is 9.88 Å². The molecule has 7 nitrogen and oxygen atoms in total. The minimum absolute atomic E-state index is 0.0253. The lowest BCUT2D eigenvalue weighted by Gasteiger charge is -2.42. The summed E-state index contributed by atoms with van der Waals surface area (Å²) in [5.74, 6) is -0.448. The zero-order chi connectivity index (χ0) is 26.3. The van der Waals surface area contributed by atoms with E-state index in [9.17, 15) is 14.7 Å². The van der Waals surface area contributed by atoms with Crippen LogP contribution in [0.25, 0.3) is 11.1 Å². The molecule has 0 radical (unpaired) electrons. The maximum atomic E-state index is 13.2. The van der Waals surface area contributed by atoms with E-state index >= 15 is 0 Å². The third-order valence-corrected chi connectivity index (χ3v) is 9.05. The molecule has 1 N–H and O–H groups in total. The number of rotatable bonds is 6. The van der Waals surface area contributed by atoms with Crippen LogP contribution in [-0.4, -0.2) is 53.4 Å². The first-order chi connectivity index (χ1) is 18.4. The van der Waals surface area contributed by atoms with Crippen LogP contribution in [0, 0.1) is 11.8 Å². The summed E-state index contributed by atoms with van der Waals surface area (Å²) in [6.07, 6.45) is 5.29. The Morgan fingerprint density at radius 3 is 2.39 bits per heavy atom. The van der Waals surface area contributed by atoms with Crippen LogP contribution in [0.4, 0.5) is 4.79 Å². The topological polar surface area (TPSA) is 89.0 Å². The average Bonchev–Trinajstić information content (AvgIpc) is 3.50. The summed E-state index contributed by atoms with van der Waals surface area (Å²) in [5.41, 5.74) is 4.97. The highest BCUT2D eigenvalue weighted by Gasteiger charge is 2.48. The van der Waals surface area contributed by atoms with Crippen LogP contribution >= 0.6 is 15.9 Å². The van der Waals surface area contributed by atoms with Gasteiger partial charge in [0.05, 0.1) is 5.60 Å². The number of pyridine rings is 1. The first-order valence-electron chi connectivity index (χ1n) is 13.0. The number of nitrogens with zero attached hydrogens (tertiary/aromatic N) is 2. The number of aromatic nitrogens is 1. The van der Waals surface area contributed by atoms with Crippen LogP contribution in [0.1, 0.15) is 41.9 Å². The quantitative estimate of drug-likeness (QED) is 0.397. The molecule has 1 aromatic heterocycles. The monoisotopic (exact) mass is 576 g/mol. The van der Waals surface area contributed by atoms with Crippen molar-refractivity contribution < 1.29 is 24.2 Å². The van der Waals surface area contributed by atoms with Crippen molar-refractivity contribution in [2.75, 3.05) is 26.3 Å². The number of hydrogen-bond donors (Lipinski definition) is 1. The largest absolute Gasteiger partial charge is 0.480 e. The number of carboxylic acid groups (broad SMARTS) is 1. The van der Waals surface area contributed by atoms with Gasteiger partial charge in [-0.1, -0.05) is 48.5 Å². The summed E-state index contributed by atoms with van der Waals surface area (Å²) in [6.45, 7) is 1.15. The lowest BCUT2D eigenvalue weighted by Crippen LogP contribution is -2.40. The maximum Gasteiger partial charge on any atom is 0.409 e. The van der Waals surface area contributed by atoms with E-state index in [2.05, 4.69) is 45.2 Å². The number of carbonyl (C=O) groups is 2. The average molecular weight is 577 g/mol. The highest BCUT2D eigenvalue weighted by molar-refractivity contribution is 9.10. The molecule has 1 aliphatic heterocycles. The Balaban J connectivity index is 1.15. The molecule has 0 bridgehead atoms. The second-order valence-corrected chi connectivity index (χ2v) is 11.4. The van der Waals surface area contributed by atoms with E-state index in [1.54, 1.807) is 12.4 Å². The van der Waals surface area contributed by atoms with Crippen LogP contribution in [0.2, 0.25) is 0 Å². The lowest BCUT2D eigenvalue weighted by molar-refractivity contribution is -0.156. The summed E-state index contributed by atoms with van der Waals surface area (Å²) < 4.78 is 12.8. The standard InChI is InChI=1S/C30H29BrN2O5/c31-27-14-32-12-10-26(27)30(38-18-28(34)35)11-9-19-15-33(16-20(19)13-30)29(36)37-17-25-23-7-3-1-5-21(23)22-6-2-4-8-24(22)25/h1-8,10,12,14,19-20,25H,9,11,13,15-18H2,(H,34,35). The molecule has 8 heteroatoms. The Hall–Kier alpha value is -3.23. The van der Waals surface area contributed by atoms with E-state index in [-0.39, 0.29) is 24.5 Å².